The first-order valence-electron chi connectivity index (χ1n) is 7.68. The van der Waals surface area contributed by atoms with Crippen molar-refractivity contribution in [2.75, 3.05) is 36.5 Å². The van der Waals surface area contributed by atoms with Crippen molar-refractivity contribution >= 4 is 44.6 Å². The zero-order valence-corrected chi connectivity index (χ0v) is 15.7. The molecule has 0 spiro atoms. The molecular formula is C15H20Cl2N2O5S. The Morgan fingerprint density at radius 3 is 2.48 bits per heavy atom. The van der Waals surface area contributed by atoms with E-state index >= 15 is 0 Å². The second-order valence-electron chi connectivity index (χ2n) is 6.03. The molecule has 140 valence electrons. The largest absolute Gasteiger partial charge is 0.394 e. The summed E-state index contributed by atoms with van der Waals surface area (Å²) in [6, 6.07) is 4.24. The summed E-state index contributed by atoms with van der Waals surface area (Å²) >= 11 is 11.8. The zero-order chi connectivity index (χ0) is 18.6. The molecule has 1 heterocycles. The molecule has 1 aliphatic rings. The number of benzene rings is 1. The van der Waals surface area contributed by atoms with E-state index in [0.29, 0.717) is 22.2 Å². The van der Waals surface area contributed by atoms with E-state index in [2.05, 4.69) is 5.32 Å². The van der Waals surface area contributed by atoms with Crippen molar-refractivity contribution in [1.82, 2.24) is 4.90 Å². The van der Waals surface area contributed by atoms with Gasteiger partial charge in [-0.05, 0) is 24.6 Å². The Kier molecular flexibility index (Phi) is 7.07. The quantitative estimate of drug-likeness (QED) is 0.612. The number of halogens is 2. The van der Waals surface area contributed by atoms with Gasteiger partial charge in [0, 0.05) is 28.3 Å². The minimum absolute atomic E-state index is 0.000405. The highest BCUT2D eigenvalue weighted by molar-refractivity contribution is 7.91. The molecule has 2 rings (SSSR count). The van der Waals surface area contributed by atoms with Crippen molar-refractivity contribution in [2.45, 2.75) is 18.6 Å². The lowest BCUT2D eigenvalue weighted by Gasteiger charge is -2.29. The first kappa shape index (κ1) is 20.4. The topological polar surface area (TPSA) is 107 Å². The molecule has 10 heteroatoms. The van der Waals surface area contributed by atoms with Gasteiger partial charge >= 0.3 is 0 Å². The Morgan fingerprint density at radius 2 is 1.96 bits per heavy atom. The number of carbonyl (C=O) groups is 1. The second kappa shape index (κ2) is 8.66. The fraction of sp³-hybridized carbons (Fsp3) is 0.533. The van der Waals surface area contributed by atoms with E-state index in [4.69, 9.17) is 28.3 Å². The Balaban J connectivity index is 2.05. The summed E-state index contributed by atoms with van der Waals surface area (Å²) in [7, 11) is -3.14. The van der Waals surface area contributed by atoms with E-state index in [1.807, 2.05) is 0 Å². The summed E-state index contributed by atoms with van der Waals surface area (Å²) in [5.74, 6) is -0.413. The number of rotatable bonds is 7. The summed E-state index contributed by atoms with van der Waals surface area (Å²) in [5.41, 5.74) is 0.421. The minimum Gasteiger partial charge on any atom is -0.394 e. The average Bonchev–Trinajstić information content (AvgIpc) is 2.85. The molecule has 1 fully saturated rings. The maximum atomic E-state index is 12.3. The van der Waals surface area contributed by atoms with Crippen LogP contribution in [0.5, 0.6) is 0 Å². The zero-order valence-electron chi connectivity index (χ0n) is 13.4. The Morgan fingerprint density at radius 1 is 1.32 bits per heavy atom. The van der Waals surface area contributed by atoms with Crippen molar-refractivity contribution in [2.24, 2.45) is 0 Å². The van der Waals surface area contributed by atoms with Crippen LogP contribution in [-0.4, -0.2) is 72.8 Å². The number of amides is 1. The lowest BCUT2D eigenvalue weighted by molar-refractivity contribution is -0.118. The van der Waals surface area contributed by atoms with Crippen LogP contribution in [0.1, 0.15) is 6.42 Å². The number of sulfone groups is 1. The van der Waals surface area contributed by atoms with Crippen molar-refractivity contribution in [3.8, 4) is 0 Å². The van der Waals surface area contributed by atoms with E-state index in [1.54, 1.807) is 4.90 Å². The van der Waals surface area contributed by atoms with Gasteiger partial charge < -0.3 is 15.5 Å². The molecule has 2 atom stereocenters. The molecule has 0 aliphatic carbocycles. The third-order valence-electron chi connectivity index (χ3n) is 3.87. The smallest absolute Gasteiger partial charge is 0.238 e. The van der Waals surface area contributed by atoms with Crippen LogP contribution < -0.4 is 5.32 Å². The number of hydrogen-bond donors (Lipinski definition) is 3. The van der Waals surface area contributed by atoms with Crippen LogP contribution in [0.25, 0.3) is 0 Å². The van der Waals surface area contributed by atoms with Gasteiger partial charge in [-0.25, -0.2) is 8.42 Å². The Bertz CT molecular complexity index is 708. The number of anilines is 1. The van der Waals surface area contributed by atoms with Gasteiger partial charge in [-0.2, -0.15) is 0 Å². The molecule has 1 aromatic carbocycles. The highest BCUT2D eigenvalue weighted by Crippen LogP contribution is 2.23. The summed E-state index contributed by atoms with van der Waals surface area (Å²) in [6.07, 6.45) is -0.673. The molecule has 0 saturated carbocycles. The monoisotopic (exact) mass is 410 g/mol. The molecule has 25 heavy (non-hydrogen) atoms. The molecule has 1 amide bonds. The molecule has 2 unspecified atom stereocenters. The van der Waals surface area contributed by atoms with Gasteiger partial charge in [-0.3, -0.25) is 9.69 Å². The summed E-state index contributed by atoms with van der Waals surface area (Å²) in [5, 5.41) is 22.1. The molecular weight excluding hydrogens is 391 g/mol. The summed E-state index contributed by atoms with van der Waals surface area (Å²) < 4.78 is 23.4. The van der Waals surface area contributed by atoms with E-state index < -0.39 is 28.5 Å². The van der Waals surface area contributed by atoms with E-state index in [1.165, 1.54) is 18.2 Å². The molecule has 0 radical (unpaired) electrons. The second-order valence-corrected chi connectivity index (χ2v) is 9.13. The average molecular weight is 411 g/mol. The Labute approximate surface area is 156 Å². The molecule has 0 bridgehead atoms. The highest BCUT2D eigenvalue weighted by atomic mass is 35.5. The first-order chi connectivity index (χ1) is 11.7. The maximum Gasteiger partial charge on any atom is 0.238 e. The first-order valence-corrected chi connectivity index (χ1v) is 10.3. The number of hydrogen-bond acceptors (Lipinski definition) is 6. The van der Waals surface area contributed by atoms with Crippen molar-refractivity contribution < 1.29 is 23.4 Å². The van der Waals surface area contributed by atoms with Gasteiger partial charge in [-0.1, -0.05) is 23.2 Å². The van der Waals surface area contributed by atoms with Crippen LogP contribution in [0, 0.1) is 0 Å². The fourth-order valence-corrected chi connectivity index (χ4v) is 5.03. The number of nitrogens with zero attached hydrogens (tertiary/aromatic N) is 1. The van der Waals surface area contributed by atoms with Gasteiger partial charge in [-0.15, -0.1) is 0 Å². The molecule has 3 N–H and O–H groups in total. The lowest BCUT2D eigenvalue weighted by atomic mass is 10.2. The predicted octanol–water partition coefficient (Wildman–Crippen LogP) is 0.774. The normalized spacial score (nSPS) is 20.6. The van der Waals surface area contributed by atoms with Gasteiger partial charge in [0.05, 0.1) is 30.8 Å². The van der Waals surface area contributed by atoms with Gasteiger partial charge in [0.1, 0.15) is 0 Å². The van der Waals surface area contributed by atoms with Gasteiger partial charge in [0.2, 0.25) is 5.91 Å². The van der Waals surface area contributed by atoms with Crippen LogP contribution in [0.2, 0.25) is 10.0 Å². The van der Waals surface area contributed by atoms with E-state index in [9.17, 15) is 18.3 Å². The maximum absolute atomic E-state index is 12.3. The van der Waals surface area contributed by atoms with Crippen molar-refractivity contribution in [3.63, 3.8) is 0 Å². The third kappa shape index (κ3) is 6.40. The van der Waals surface area contributed by atoms with Crippen LogP contribution in [-0.2, 0) is 14.6 Å². The predicted molar refractivity (Wildman–Crippen MR) is 96.8 cm³/mol. The summed E-state index contributed by atoms with van der Waals surface area (Å²) in [6.45, 7) is -0.594. The molecule has 0 aromatic heterocycles. The Hall–Kier alpha value is -0.900. The van der Waals surface area contributed by atoms with Crippen molar-refractivity contribution in [1.29, 1.82) is 0 Å². The molecule has 1 saturated heterocycles. The van der Waals surface area contributed by atoms with Crippen LogP contribution >= 0.6 is 23.2 Å². The number of nitrogens with one attached hydrogen (secondary N) is 1. The minimum atomic E-state index is -3.14. The van der Waals surface area contributed by atoms with Gasteiger partial charge in [0.15, 0.2) is 9.84 Å². The van der Waals surface area contributed by atoms with Crippen LogP contribution in [0.4, 0.5) is 5.69 Å². The van der Waals surface area contributed by atoms with E-state index in [-0.39, 0.29) is 30.6 Å². The molecule has 1 aliphatic heterocycles. The summed E-state index contributed by atoms with van der Waals surface area (Å²) in [4.78, 5) is 13.9. The van der Waals surface area contributed by atoms with Crippen LogP contribution in [0.15, 0.2) is 18.2 Å². The molecule has 1 aromatic rings. The van der Waals surface area contributed by atoms with Crippen LogP contribution in [0.3, 0.4) is 0 Å². The number of carbonyl (C=O) groups excluding carboxylic acids is 1. The lowest BCUT2D eigenvalue weighted by Crippen LogP contribution is -2.46. The highest BCUT2D eigenvalue weighted by Gasteiger charge is 2.33. The van der Waals surface area contributed by atoms with E-state index in [0.717, 1.165) is 0 Å². The SMILES string of the molecule is O=C(CN(CC(O)CO)C1CCS(=O)(=O)C1)Nc1cc(Cl)cc(Cl)c1. The third-order valence-corrected chi connectivity index (χ3v) is 6.06. The molecule has 7 nitrogen and oxygen atoms in total. The van der Waals surface area contributed by atoms with Gasteiger partial charge in [0.25, 0.3) is 0 Å². The number of aliphatic hydroxyl groups excluding tert-OH is 2. The van der Waals surface area contributed by atoms with Crippen molar-refractivity contribution in [3.05, 3.63) is 28.2 Å². The number of aliphatic hydroxyl groups is 2. The fourth-order valence-electron chi connectivity index (χ4n) is 2.75. The standard InChI is InChI=1S/C15H20Cl2N2O5S/c16-10-3-11(17)5-12(4-10)18-15(22)7-19(6-14(21)8-20)13-1-2-25(23,24)9-13/h3-5,13-14,20-21H,1-2,6-9H2,(H,18,22).